The first-order valence-electron chi connectivity index (χ1n) is 9.72. The van der Waals surface area contributed by atoms with E-state index in [1.807, 2.05) is 0 Å². The van der Waals surface area contributed by atoms with Crippen molar-refractivity contribution in [2.24, 2.45) is 0 Å². The maximum atomic E-state index is 13.6. The second-order valence-corrected chi connectivity index (χ2v) is 7.14. The van der Waals surface area contributed by atoms with E-state index in [1.165, 1.54) is 36.3 Å². The number of hydrogen-bond acceptors (Lipinski definition) is 4. The van der Waals surface area contributed by atoms with Gasteiger partial charge < -0.3 is 9.84 Å². The number of benzene rings is 3. The first-order valence-corrected chi connectivity index (χ1v) is 9.72. The van der Waals surface area contributed by atoms with Crippen LogP contribution in [0.2, 0.25) is 0 Å². The number of rotatable bonds is 4. The van der Waals surface area contributed by atoms with E-state index in [9.17, 15) is 19.1 Å². The van der Waals surface area contributed by atoms with Crippen molar-refractivity contribution in [3.8, 4) is 18.1 Å². The Morgan fingerprint density at radius 1 is 1.00 bits per heavy atom. The third kappa shape index (κ3) is 3.61. The molecule has 0 aliphatic carbocycles. The average Bonchev–Trinajstić information content (AvgIpc) is 3.09. The minimum absolute atomic E-state index is 0.0900. The summed E-state index contributed by atoms with van der Waals surface area (Å²) in [6.45, 7) is 0. The summed E-state index contributed by atoms with van der Waals surface area (Å²) in [4.78, 5) is 27.4. The molecule has 3 aromatic carbocycles. The lowest BCUT2D eigenvalue weighted by atomic mass is 9.95. The van der Waals surface area contributed by atoms with Gasteiger partial charge in [0, 0.05) is 16.8 Å². The van der Waals surface area contributed by atoms with Crippen LogP contribution in [0.5, 0.6) is 5.75 Å². The smallest absolute Gasteiger partial charge is 0.300 e. The number of anilines is 1. The molecule has 1 saturated heterocycles. The molecular formula is C26H18FNO4. The summed E-state index contributed by atoms with van der Waals surface area (Å²) in [6.07, 6.45) is 5.41. The topological polar surface area (TPSA) is 66.8 Å². The molecule has 1 heterocycles. The Labute approximate surface area is 184 Å². The van der Waals surface area contributed by atoms with Crippen molar-refractivity contribution in [2.45, 2.75) is 6.04 Å². The van der Waals surface area contributed by atoms with Crippen LogP contribution in [-0.4, -0.2) is 23.9 Å². The van der Waals surface area contributed by atoms with Gasteiger partial charge in [0.25, 0.3) is 11.7 Å². The number of Topliss-reactive ketones (excluding diaryl/α,β-unsaturated/α-hetero) is 1. The summed E-state index contributed by atoms with van der Waals surface area (Å²) in [5, 5.41) is 11.0. The van der Waals surface area contributed by atoms with Crippen LogP contribution >= 0.6 is 0 Å². The van der Waals surface area contributed by atoms with Gasteiger partial charge in [-0.25, -0.2) is 4.39 Å². The molecule has 4 rings (SSSR count). The molecule has 1 amide bonds. The van der Waals surface area contributed by atoms with Gasteiger partial charge in [-0.15, -0.1) is 6.42 Å². The van der Waals surface area contributed by atoms with E-state index in [0.29, 0.717) is 28.1 Å². The van der Waals surface area contributed by atoms with Gasteiger partial charge in [0.1, 0.15) is 17.3 Å². The van der Waals surface area contributed by atoms with Crippen LogP contribution in [0.3, 0.4) is 0 Å². The Morgan fingerprint density at radius 2 is 1.62 bits per heavy atom. The van der Waals surface area contributed by atoms with E-state index < -0.39 is 23.5 Å². The number of methoxy groups -OCH3 is 1. The third-order valence-corrected chi connectivity index (χ3v) is 5.31. The van der Waals surface area contributed by atoms with Gasteiger partial charge in [-0.1, -0.05) is 18.1 Å². The molecule has 1 atom stereocenters. The average molecular weight is 427 g/mol. The molecule has 3 aromatic rings. The number of carbonyl (C=O) groups is 2. The number of terminal acetylenes is 1. The normalized spacial score (nSPS) is 17.3. The summed E-state index contributed by atoms with van der Waals surface area (Å²) in [6, 6.07) is 17.5. The zero-order valence-electron chi connectivity index (χ0n) is 17.1. The first kappa shape index (κ1) is 20.9. The van der Waals surface area contributed by atoms with Gasteiger partial charge in [0.2, 0.25) is 0 Å². The van der Waals surface area contributed by atoms with E-state index in [-0.39, 0.29) is 11.3 Å². The predicted molar refractivity (Wildman–Crippen MR) is 119 cm³/mol. The molecule has 6 heteroatoms. The lowest BCUT2D eigenvalue weighted by Gasteiger charge is -2.25. The van der Waals surface area contributed by atoms with Crippen molar-refractivity contribution < 1.29 is 23.8 Å². The second-order valence-electron chi connectivity index (χ2n) is 7.14. The highest BCUT2D eigenvalue weighted by Gasteiger charge is 2.46. The number of carbonyl (C=O) groups excluding carboxylic acids is 2. The number of nitrogens with zero attached hydrogens (tertiary/aromatic N) is 1. The minimum atomic E-state index is -0.950. The Bertz CT molecular complexity index is 1250. The Morgan fingerprint density at radius 3 is 2.19 bits per heavy atom. The maximum Gasteiger partial charge on any atom is 0.300 e. The highest BCUT2D eigenvalue weighted by atomic mass is 19.1. The Balaban J connectivity index is 1.90. The molecule has 0 aromatic heterocycles. The van der Waals surface area contributed by atoms with Crippen molar-refractivity contribution in [2.75, 3.05) is 12.0 Å². The Hall–Kier alpha value is -4.37. The van der Waals surface area contributed by atoms with E-state index in [1.54, 1.807) is 48.5 Å². The second kappa shape index (κ2) is 8.40. The molecule has 1 N–H and O–H groups in total. The van der Waals surface area contributed by atoms with Gasteiger partial charge in [-0.2, -0.15) is 0 Å². The van der Waals surface area contributed by atoms with Gasteiger partial charge >= 0.3 is 0 Å². The fraction of sp³-hybridized carbons (Fsp3) is 0.0769. The molecule has 0 radical (unpaired) electrons. The van der Waals surface area contributed by atoms with Gasteiger partial charge in [-0.05, 0) is 66.2 Å². The summed E-state index contributed by atoms with van der Waals surface area (Å²) in [5.74, 6) is 0.643. The van der Waals surface area contributed by atoms with Gasteiger partial charge in [-0.3, -0.25) is 14.5 Å². The quantitative estimate of drug-likeness (QED) is 0.289. The van der Waals surface area contributed by atoms with Crippen molar-refractivity contribution in [3.63, 3.8) is 0 Å². The lowest BCUT2D eigenvalue weighted by molar-refractivity contribution is -0.132. The number of amides is 1. The maximum absolute atomic E-state index is 13.6. The molecule has 1 aliphatic heterocycles. The van der Waals surface area contributed by atoms with Crippen LogP contribution in [0.25, 0.3) is 5.76 Å². The van der Waals surface area contributed by atoms with E-state index in [2.05, 4.69) is 5.92 Å². The zero-order chi connectivity index (χ0) is 22.8. The van der Waals surface area contributed by atoms with Gasteiger partial charge in [0.05, 0.1) is 18.7 Å². The summed E-state index contributed by atoms with van der Waals surface area (Å²) in [7, 11) is 1.51. The number of hydrogen-bond donors (Lipinski definition) is 1. The molecule has 0 saturated carbocycles. The standard InChI is InChI=1S/C26H18FNO4/c1-3-16-4-12-20(13-5-16)28-23(17-6-10-19(27)11-7-17)22(25(30)26(28)31)24(29)18-8-14-21(32-2)15-9-18/h1,4-15,23,29H,2H3. The van der Waals surface area contributed by atoms with Crippen LogP contribution in [-0.2, 0) is 9.59 Å². The Kier molecular flexibility index (Phi) is 5.48. The van der Waals surface area contributed by atoms with Crippen LogP contribution in [0.15, 0.2) is 78.4 Å². The number of halogens is 1. The molecule has 32 heavy (non-hydrogen) atoms. The summed E-state index contributed by atoms with van der Waals surface area (Å²) >= 11 is 0. The van der Waals surface area contributed by atoms with Crippen molar-refractivity contribution in [1.82, 2.24) is 0 Å². The van der Waals surface area contributed by atoms with Crippen molar-refractivity contribution in [1.29, 1.82) is 0 Å². The fourth-order valence-corrected chi connectivity index (χ4v) is 3.68. The van der Waals surface area contributed by atoms with Crippen molar-refractivity contribution >= 4 is 23.1 Å². The van der Waals surface area contributed by atoms with E-state index in [4.69, 9.17) is 11.2 Å². The highest BCUT2D eigenvalue weighted by molar-refractivity contribution is 6.51. The summed E-state index contributed by atoms with van der Waals surface area (Å²) in [5.41, 5.74) is 1.77. The molecule has 158 valence electrons. The number of aliphatic hydroxyl groups is 1. The monoisotopic (exact) mass is 427 g/mol. The summed E-state index contributed by atoms with van der Waals surface area (Å²) < 4.78 is 18.7. The third-order valence-electron chi connectivity index (χ3n) is 5.31. The SMILES string of the molecule is C#Cc1ccc(N2C(=O)C(=O)C(=C(O)c3ccc(OC)cc3)C2c2ccc(F)cc2)cc1. The van der Waals surface area contributed by atoms with Crippen molar-refractivity contribution in [3.05, 3.63) is 101 Å². The minimum Gasteiger partial charge on any atom is -0.507 e. The molecule has 1 fully saturated rings. The van der Waals surface area contributed by atoms with Crippen LogP contribution in [0.4, 0.5) is 10.1 Å². The largest absolute Gasteiger partial charge is 0.507 e. The van der Waals surface area contributed by atoms with Crippen LogP contribution in [0.1, 0.15) is 22.7 Å². The van der Waals surface area contributed by atoms with E-state index >= 15 is 0 Å². The fourth-order valence-electron chi connectivity index (χ4n) is 3.68. The molecule has 0 spiro atoms. The molecule has 1 unspecified atom stereocenters. The van der Waals surface area contributed by atoms with Gasteiger partial charge in [0.15, 0.2) is 0 Å². The number of aliphatic hydroxyl groups excluding tert-OH is 1. The lowest BCUT2D eigenvalue weighted by Crippen LogP contribution is -2.29. The van der Waals surface area contributed by atoms with E-state index in [0.717, 1.165) is 0 Å². The number of ether oxygens (including phenoxy) is 1. The molecule has 5 nitrogen and oxygen atoms in total. The molecule has 0 bridgehead atoms. The van der Waals surface area contributed by atoms with Crippen LogP contribution in [0, 0.1) is 18.2 Å². The zero-order valence-corrected chi connectivity index (χ0v) is 17.1. The highest BCUT2D eigenvalue weighted by Crippen LogP contribution is 2.42. The molecular weight excluding hydrogens is 409 g/mol. The number of ketones is 1. The molecule has 1 aliphatic rings. The van der Waals surface area contributed by atoms with Crippen LogP contribution < -0.4 is 9.64 Å². The first-order chi connectivity index (χ1) is 15.4. The predicted octanol–water partition coefficient (Wildman–Crippen LogP) is 4.44.